The molecule has 142 valence electrons. The van der Waals surface area contributed by atoms with Gasteiger partial charge in [0.15, 0.2) is 0 Å². The summed E-state index contributed by atoms with van der Waals surface area (Å²) in [4.78, 5) is 27.3. The number of carbonyl (C=O) groups excluding carboxylic acids is 2. The van der Waals surface area contributed by atoms with Crippen LogP contribution in [0.25, 0.3) is 0 Å². The van der Waals surface area contributed by atoms with Gasteiger partial charge in [-0.25, -0.2) is 4.90 Å². The van der Waals surface area contributed by atoms with Crippen LogP contribution in [0.15, 0.2) is 18.2 Å². The number of hydrogen-bond donors (Lipinski definition) is 0. The lowest BCUT2D eigenvalue weighted by Crippen LogP contribution is -2.31. The molecule has 5 nitrogen and oxygen atoms in total. The van der Waals surface area contributed by atoms with Crippen LogP contribution in [0.4, 0.5) is 5.69 Å². The molecule has 1 saturated heterocycles. The van der Waals surface area contributed by atoms with Gasteiger partial charge in [0, 0.05) is 0 Å². The van der Waals surface area contributed by atoms with Crippen molar-refractivity contribution in [2.45, 2.75) is 46.1 Å². The van der Waals surface area contributed by atoms with Gasteiger partial charge in [0.1, 0.15) is 0 Å². The van der Waals surface area contributed by atoms with E-state index < -0.39 is 0 Å². The van der Waals surface area contributed by atoms with Crippen LogP contribution in [0.1, 0.15) is 42.6 Å². The first-order valence-corrected chi connectivity index (χ1v) is 10.00. The SMILES string of the molecule is Cc1nn(Cc2ccc(Cl)c(Cl)c2)c(C)c1N1C(=O)C2CCCCC2C1=O. The van der Waals surface area contributed by atoms with Crippen molar-refractivity contribution in [3.8, 4) is 0 Å². The highest BCUT2D eigenvalue weighted by Gasteiger charge is 2.50. The molecule has 1 aromatic heterocycles. The number of halogens is 2. The van der Waals surface area contributed by atoms with Crippen molar-refractivity contribution < 1.29 is 9.59 Å². The summed E-state index contributed by atoms with van der Waals surface area (Å²) in [6.45, 7) is 4.23. The zero-order valence-corrected chi connectivity index (χ0v) is 16.8. The van der Waals surface area contributed by atoms with E-state index in [9.17, 15) is 9.59 Å². The number of anilines is 1. The molecule has 2 unspecified atom stereocenters. The summed E-state index contributed by atoms with van der Waals surface area (Å²) in [7, 11) is 0. The van der Waals surface area contributed by atoms with Crippen LogP contribution < -0.4 is 4.90 Å². The minimum atomic E-state index is -0.163. The van der Waals surface area contributed by atoms with Crippen LogP contribution in [-0.4, -0.2) is 21.6 Å². The van der Waals surface area contributed by atoms with Gasteiger partial charge in [0.2, 0.25) is 11.8 Å². The molecule has 2 heterocycles. The first kappa shape index (κ1) is 18.5. The van der Waals surface area contributed by atoms with Crippen molar-refractivity contribution in [1.29, 1.82) is 0 Å². The second kappa shape index (κ2) is 6.95. The number of amides is 2. The van der Waals surface area contributed by atoms with Crippen LogP contribution in [0, 0.1) is 25.7 Å². The lowest BCUT2D eigenvalue weighted by atomic mass is 9.81. The lowest BCUT2D eigenvalue weighted by molar-refractivity contribution is -0.122. The molecule has 0 N–H and O–H groups in total. The summed E-state index contributed by atoms with van der Waals surface area (Å²) in [5, 5.41) is 5.58. The molecule has 2 aromatic rings. The first-order valence-electron chi connectivity index (χ1n) is 9.24. The third kappa shape index (κ3) is 3.07. The highest BCUT2D eigenvalue weighted by Crippen LogP contribution is 2.41. The summed E-state index contributed by atoms with van der Waals surface area (Å²) in [6, 6.07) is 5.45. The van der Waals surface area contributed by atoms with Crippen molar-refractivity contribution >= 4 is 40.7 Å². The Hall–Kier alpha value is -1.85. The maximum atomic E-state index is 12.9. The number of fused-ring (bicyclic) bond motifs is 1. The lowest BCUT2D eigenvalue weighted by Gasteiger charge is -2.19. The molecule has 1 aliphatic carbocycles. The summed E-state index contributed by atoms with van der Waals surface area (Å²) in [5.74, 6) is -0.457. The Bertz CT molecular complexity index is 914. The molecule has 2 amide bonds. The Kier molecular flexibility index (Phi) is 4.77. The number of imide groups is 1. The number of rotatable bonds is 3. The molecule has 1 aromatic carbocycles. The van der Waals surface area contributed by atoms with Crippen LogP contribution >= 0.6 is 23.2 Å². The van der Waals surface area contributed by atoms with E-state index in [1.807, 2.05) is 24.6 Å². The molecule has 2 atom stereocenters. The van der Waals surface area contributed by atoms with E-state index in [1.54, 1.807) is 12.1 Å². The van der Waals surface area contributed by atoms with Crippen LogP contribution in [0.3, 0.4) is 0 Å². The minimum absolute atomic E-state index is 0.0648. The van der Waals surface area contributed by atoms with Crippen LogP contribution in [-0.2, 0) is 16.1 Å². The molecule has 2 aliphatic rings. The molecule has 2 fully saturated rings. The summed E-state index contributed by atoms with van der Waals surface area (Å²) >= 11 is 12.1. The van der Waals surface area contributed by atoms with E-state index in [-0.39, 0.29) is 23.7 Å². The highest BCUT2D eigenvalue weighted by atomic mass is 35.5. The fourth-order valence-corrected chi connectivity index (χ4v) is 4.68. The highest BCUT2D eigenvalue weighted by molar-refractivity contribution is 6.42. The van der Waals surface area contributed by atoms with E-state index in [1.165, 1.54) is 4.90 Å². The number of nitrogens with zero attached hydrogens (tertiary/aromatic N) is 3. The number of carbonyl (C=O) groups is 2. The monoisotopic (exact) mass is 405 g/mol. The average molecular weight is 406 g/mol. The van der Waals surface area contributed by atoms with Crippen LogP contribution in [0.5, 0.6) is 0 Å². The molecule has 1 saturated carbocycles. The van der Waals surface area contributed by atoms with Crippen molar-refractivity contribution in [3.05, 3.63) is 45.2 Å². The van der Waals surface area contributed by atoms with E-state index in [4.69, 9.17) is 23.2 Å². The van der Waals surface area contributed by atoms with Gasteiger partial charge in [-0.05, 0) is 44.4 Å². The Morgan fingerprint density at radius 2 is 1.67 bits per heavy atom. The maximum Gasteiger partial charge on any atom is 0.237 e. The normalized spacial score (nSPS) is 22.4. The number of aromatic nitrogens is 2. The quantitative estimate of drug-likeness (QED) is 0.704. The van der Waals surface area contributed by atoms with Crippen molar-refractivity contribution in [2.24, 2.45) is 11.8 Å². The predicted molar refractivity (Wildman–Crippen MR) is 105 cm³/mol. The van der Waals surface area contributed by atoms with Crippen LogP contribution in [0.2, 0.25) is 10.0 Å². The topological polar surface area (TPSA) is 55.2 Å². The molecular formula is C20H21Cl2N3O2. The Labute approximate surface area is 168 Å². The van der Waals surface area contributed by atoms with Crippen molar-refractivity contribution in [2.75, 3.05) is 4.90 Å². The Morgan fingerprint density at radius 1 is 1.04 bits per heavy atom. The van der Waals surface area contributed by atoms with Crippen molar-refractivity contribution in [1.82, 2.24) is 9.78 Å². The van der Waals surface area contributed by atoms with Gasteiger partial charge < -0.3 is 0 Å². The third-order valence-corrected chi connectivity index (χ3v) is 6.46. The van der Waals surface area contributed by atoms with E-state index >= 15 is 0 Å². The van der Waals surface area contributed by atoms with Gasteiger partial charge in [0.05, 0.1) is 45.5 Å². The smallest absolute Gasteiger partial charge is 0.237 e. The average Bonchev–Trinajstić information content (AvgIpc) is 3.05. The number of benzene rings is 1. The van der Waals surface area contributed by atoms with Crippen molar-refractivity contribution in [3.63, 3.8) is 0 Å². The standard InChI is InChI=1S/C20H21Cl2N3O2/c1-11-18(25-19(26)14-5-3-4-6-15(14)20(25)27)12(2)24(23-11)10-13-7-8-16(21)17(22)9-13/h7-9,14-15H,3-6,10H2,1-2H3. The van der Waals surface area contributed by atoms with Gasteiger partial charge in [-0.15, -0.1) is 0 Å². The summed E-state index contributed by atoms with van der Waals surface area (Å²) in [6.07, 6.45) is 3.65. The molecule has 1 aliphatic heterocycles. The maximum absolute atomic E-state index is 12.9. The minimum Gasteiger partial charge on any atom is -0.274 e. The molecule has 0 spiro atoms. The first-order chi connectivity index (χ1) is 12.9. The zero-order chi connectivity index (χ0) is 19.3. The van der Waals surface area contributed by atoms with Gasteiger partial charge in [-0.2, -0.15) is 5.10 Å². The van der Waals surface area contributed by atoms with Gasteiger partial charge in [-0.3, -0.25) is 14.3 Å². The fourth-order valence-electron chi connectivity index (χ4n) is 4.36. The molecular weight excluding hydrogens is 385 g/mol. The molecule has 0 radical (unpaired) electrons. The second-order valence-corrected chi connectivity index (χ2v) is 8.25. The second-order valence-electron chi connectivity index (χ2n) is 7.43. The van der Waals surface area contributed by atoms with E-state index in [0.29, 0.717) is 28.0 Å². The van der Waals surface area contributed by atoms with E-state index in [2.05, 4.69) is 5.10 Å². The fraction of sp³-hybridized carbons (Fsp3) is 0.450. The van der Waals surface area contributed by atoms with Gasteiger partial charge in [-0.1, -0.05) is 42.1 Å². The third-order valence-electron chi connectivity index (χ3n) is 5.72. The Balaban J connectivity index is 1.67. The number of hydrogen-bond acceptors (Lipinski definition) is 3. The van der Waals surface area contributed by atoms with Gasteiger partial charge in [0.25, 0.3) is 0 Å². The zero-order valence-electron chi connectivity index (χ0n) is 15.3. The summed E-state index contributed by atoms with van der Waals surface area (Å²) in [5.41, 5.74) is 3.08. The largest absolute Gasteiger partial charge is 0.274 e. The van der Waals surface area contributed by atoms with Gasteiger partial charge >= 0.3 is 0 Å². The molecule has 7 heteroatoms. The summed E-state index contributed by atoms with van der Waals surface area (Å²) < 4.78 is 1.81. The molecule has 27 heavy (non-hydrogen) atoms. The molecule has 4 rings (SSSR count). The Morgan fingerprint density at radius 3 is 2.26 bits per heavy atom. The number of aryl methyl sites for hydroxylation is 1. The van der Waals surface area contributed by atoms with E-state index in [0.717, 1.165) is 36.9 Å². The predicted octanol–water partition coefficient (Wildman–Crippen LogP) is 4.53. The molecule has 0 bridgehead atoms.